The van der Waals surface area contributed by atoms with Crippen molar-refractivity contribution >= 4 is 38.1 Å². The van der Waals surface area contributed by atoms with Gasteiger partial charge < -0.3 is 34.6 Å². The van der Waals surface area contributed by atoms with E-state index in [1.165, 1.54) is 23.4 Å². The molecular weight excluding hydrogens is 843 g/mol. The summed E-state index contributed by atoms with van der Waals surface area (Å²) in [5.74, 6) is -0.843. The van der Waals surface area contributed by atoms with Gasteiger partial charge >= 0.3 is 0 Å². The van der Waals surface area contributed by atoms with E-state index in [9.17, 15) is 15.0 Å². The lowest BCUT2D eigenvalue weighted by atomic mass is 9.55. The zero-order valence-electron chi connectivity index (χ0n) is 38.4. The van der Waals surface area contributed by atoms with Crippen LogP contribution in [-0.4, -0.2) is 78.4 Å². The summed E-state index contributed by atoms with van der Waals surface area (Å²) in [6.07, 6.45) is 8.94. The normalized spacial score (nSPS) is 23.3. The number of oxime groups is 1. The molecular formula is C52H65N3O9S. The van der Waals surface area contributed by atoms with E-state index in [0.717, 1.165) is 47.6 Å². The highest BCUT2D eigenvalue weighted by Gasteiger charge is 2.66. The Morgan fingerprint density at radius 2 is 1.65 bits per heavy atom. The van der Waals surface area contributed by atoms with Crippen LogP contribution in [0.4, 0.5) is 5.69 Å². The fourth-order valence-corrected chi connectivity index (χ4v) is 11.7. The molecule has 65 heavy (non-hydrogen) atoms. The number of sulfonamides is 1. The van der Waals surface area contributed by atoms with Gasteiger partial charge in [-0.25, -0.2) is 8.42 Å². The van der Waals surface area contributed by atoms with Crippen LogP contribution in [-0.2, 0) is 24.4 Å². The minimum atomic E-state index is -4.26. The van der Waals surface area contributed by atoms with Crippen LogP contribution >= 0.6 is 0 Å². The number of ether oxygens (including phenoxy) is 3. The molecule has 0 bridgehead atoms. The van der Waals surface area contributed by atoms with E-state index in [4.69, 9.17) is 24.2 Å². The number of nitrogens with zero attached hydrogens (tertiary/aromatic N) is 2. The molecule has 0 radical (unpaired) electrons. The van der Waals surface area contributed by atoms with E-state index in [2.05, 4.69) is 36.2 Å². The summed E-state index contributed by atoms with van der Waals surface area (Å²) in [6.45, 7) is 13.5. The first kappa shape index (κ1) is 47.9. The topological polar surface area (TPSA) is 156 Å². The summed E-state index contributed by atoms with van der Waals surface area (Å²) >= 11 is 0. The number of amides is 1. The van der Waals surface area contributed by atoms with E-state index in [1.807, 2.05) is 70.2 Å². The van der Waals surface area contributed by atoms with Crippen LogP contribution in [0.25, 0.3) is 10.8 Å². The summed E-state index contributed by atoms with van der Waals surface area (Å²) in [5, 5.41) is 29.8. The Morgan fingerprint density at radius 1 is 0.954 bits per heavy atom. The number of allylic oxidation sites excluding steroid dienone is 1. The van der Waals surface area contributed by atoms with Crippen LogP contribution in [0.1, 0.15) is 97.5 Å². The SMILES string of the molecule is C=CCO[C@@]12Oc3ccc(Oc4ccc5ccccc5c4)cc3[C@H]3[C@H](CCCCO)[C@@H](CCCCO)C=C(C(=NOC(C)(C)C)C[C@@H]1N(CCC)S(=O)(=O)c1ccc(NC(C)=O)cc1)[C@H]32. The summed E-state index contributed by atoms with van der Waals surface area (Å²) in [6, 6.07) is 25.3. The highest BCUT2D eigenvalue weighted by atomic mass is 32.2. The number of aliphatic hydroxyl groups is 2. The number of anilines is 1. The Hall–Kier alpha value is -5.05. The number of carbonyl (C=O) groups excluding carboxylic acids is 1. The molecule has 1 fully saturated rings. The summed E-state index contributed by atoms with van der Waals surface area (Å²) in [7, 11) is -4.26. The van der Waals surface area contributed by atoms with Crippen molar-refractivity contribution in [2.45, 2.75) is 114 Å². The van der Waals surface area contributed by atoms with E-state index in [1.54, 1.807) is 18.2 Å². The van der Waals surface area contributed by atoms with Crippen molar-refractivity contribution in [3.8, 4) is 17.2 Å². The molecule has 1 saturated carbocycles. The molecule has 0 spiro atoms. The molecule has 12 nitrogen and oxygen atoms in total. The minimum absolute atomic E-state index is 0.0136. The van der Waals surface area contributed by atoms with Gasteiger partial charge in [-0.1, -0.05) is 67.4 Å². The average molecular weight is 908 g/mol. The number of fused-ring (bicyclic) bond motifs is 3. The first-order chi connectivity index (χ1) is 31.2. The maximum absolute atomic E-state index is 15.3. The van der Waals surface area contributed by atoms with Crippen molar-refractivity contribution in [1.29, 1.82) is 0 Å². The molecule has 348 valence electrons. The molecule has 7 rings (SSSR count). The van der Waals surface area contributed by atoms with Crippen molar-refractivity contribution in [3.05, 3.63) is 115 Å². The lowest BCUT2D eigenvalue weighted by Crippen LogP contribution is -2.70. The van der Waals surface area contributed by atoms with E-state index in [0.29, 0.717) is 47.9 Å². The molecule has 3 N–H and O–H groups in total. The van der Waals surface area contributed by atoms with Gasteiger partial charge in [0.1, 0.15) is 22.8 Å². The fourth-order valence-electron chi connectivity index (χ4n) is 9.96. The van der Waals surface area contributed by atoms with Gasteiger partial charge in [-0.3, -0.25) is 4.79 Å². The largest absolute Gasteiger partial charge is 0.460 e. The molecule has 0 saturated heterocycles. The van der Waals surface area contributed by atoms with Gasteiger partial charge in [-0.15, -0.1) is 6.58 Å². The molecule has 0 aromatic heterocycles. The molecule has 1 aliphatic heterocycles. The summed E-state index contributed by atoms with van der Waals surface area (Å²) in [4.78, 5) is 18.2. The third-order valence-corrected chi connectivity index (χ3v) is 14.5. The van der Waals surface area contributed by atoms with Gasteiger partial charge in [0.15, 0.2) is 0 Å². The van der Waals surface area contributed by atoms with Gasteiger partial charge in [-0.2, -0.15) is 4.31 Å². The molecule has 1 amide bonds. The summed E-state index contributed by atoms with van der Waals surface area (Å²) < 4.78 is 53.1. The molecule has 4 aromatic rings. The Kier molecular flexibility index (Phi) is 15.2. The molecule has 1 heterocycles. The maximum Gasteiger partial charge on any atom is 0.243 e. The lowest BCUT2D eigenvalue weighted by Gasteiger charge is -2.59. The van der Waals surface area contributed by atoms with Crippen LogP contribution in [0.5, 0.6) is 17.2 Å². The molecule has 0 unspecified atom stereocenters. The van der Waals surface area contributed by atoms with Crippen molar-refractivity contribution in [1.82, 2.24) is 4.31 Å². The standard InChI is InChI=1S/C52H65N3O9S/c1-7-27-55(65(59,60)42-24-20-39(21-25-42)53-35(3)58)48-34-46(54-64-51(4,5)6)44-32-38(17-11-13-28-56)43(18-12-14-29-57)49-45-33-41(62-40-22-19-36-15-9-10-16-37(36)31-40)23-26-47(45)63-52(48,50(44)49)61-30-8-2/h8-10,15-16,19-26,31-33,38,43,48-50,56-57H,2,7,11-14,17-18,27-30,34H2,1,3-6H3,(H,53,58)/t38-,43+,48-,49+,50+,52+/m0/s1. The maximum atomic E-state index is 15.3. The number of hydrogen-bond acceptors (Lipinski definition) is 10. The smallest absolute Gasteiger partial charge is 0.243 e. The lowest BCUT2D eigenvalue weighted by molar-refractivity contribution is -0.251. The van der Waals surface area contributed by atoms with Gasteiger partial charge in [0.25, 0.3) is 0 Å². The number of unbranched alkanes of at least 4 members (excludes halogenated alkanes) is 2. The number of nitrogens with one attached hydrogen (secondary N) is 1. The van der Waals surface area contributed by atoms with Crippen molar-refractivity contribution in [3.63, 3.8) is 0 Å². The number of hydrogen-bond donors (Lipinski definition) is 3. The van der Waals surface area contributed by atoms with E-state index < -0.39 is 33.4 Å². The number of aliphatic hydroxyl groups excluding tert-OH is 2. The third-order valence-electron chi connectivity index (χ3n) is 12.6. The van der Waals surface area contributed by atoms with E-state index >= 15 is 8.42 Å². The van der Waals surface area contributed by atoms with Gasteiger partial charge in [0.2, 0.25) is 21.7 Å². The van der Waals surface area contributed by atoms with Crippen LogP contribution in [0, 0.1) is 17.8 Å². The first-order valence-corrected chi connectivity index (χ1v) is 24.5. The molecule has 2 aliphatic carbocycles. The second kappa shape index (κ2) is 20.6. The van der Waals surface area contributed by atoms with Gasteiger partial charge in [0.05, 0.1) is 29.2 Å². The second-order valence-electron chi connectivity index (χ2n) is 18.4. The van der Waals surface area contributed by atoms with Crippen LogP contribution < -0.4 is 14.8 Å². The number of benzene rings is 4. The minimum Gasteiger partial charge on any atom is -0.460 e. The van der Waals surface area contributed by atoms with Crippen LogP contribution in [0.2, 0.25) is 0 Å². The second-order valence-corrected chi connectivity index (χ2v) is 20.3. The van der Waals surface area contributed by atoms with Gasteiger partial charge in [-0.05, 0) is 136 Å². The first-order valence-electron chi connectivity index (χ1n) is 23.1. The predicted octanol–water partition coefficient (Wildman–Crippen LogP) is 10.1. The Labute approximate surface area is 384 Å². The zero-order valence-corrected chi connectivity index (χ0v) is 39.2. The highest BCUT2D eigenvalue weighted by molar-refractivity contribution is 7.89. The van der Waals surface area contributed by atoms with Crippen molar-refractivity contribution in [2.24, 2.45) is 22.9 Å². The zero-order chi connectivity index (χ0) is 46.4. The number of carbonyl (C=O) groups is 1. The Morgan fingerprint density at radius 3 is 2.32 bits per heavy atom. The van der Waals surface area contributed by atoms with Crippen molar-refractivity contribution in [2.75, 3.05) is 31.7 Å². The van der Waals surface area contributed by atoms with Crippen LogP contribution in [0.3, 0.4) is 0 Å². The average Bonchev–Trinajstić information content (AvgIpc) is 3.27. The van der Waals surface area contributed by atoms with Gasteiger partial charge in [0, 0.05) is 50.3 Å². The summed E-state index contributed by atoms with van der Waals surface area (Å²) in [5.41, 5.74) is 2.23. The highest BCUT2D eigenvalue weighted by Crippen LogP contribution is 2.62. The number of rotatable bonds is 20. The quantitative estimate of drug-likeness (QED) is 0.0446. The molecule has 6 atom stereocenters. The predicted molar refractivity (Wildman–Crippen MR) is 255 cm³/mol. The fraction of sp³-hybridized carbons (Fsp3) is 0.462. The molecule has 3 aliphatic rings. The molecule has 4 aromatic carbocycles. The van der Waals surface area contributed by atoms with Crippen LogP contribution in [0.15, 0.2) is 119 Å². The monoisotopic (exact) mass is 907 g/mol. The Balaban J connectivity index is 1.46. The van der Waals surface area contributed by atoms with E-state index in [-0.39, 0.29) is 61.3 Å². The molecule has 13 heteroatoms. The Bertz CT molecular complexity index is 2480. The van der Waals surface area contributed by atoms with Crippen molar-refractivity contribution < 1.29 is 42.5 Å². The third kappa shape index (κ3) is 10.5.